The van der Waals surface area contributed by atoms with Crippen molar-refractivity contribution in [2.75, 3.05) is 5.32 Å². The molecule has 0 aliphatic rings. The summed E-state index contributed by atoms with van der Waals surface area (Å²) in [4.78, 5) is 12.3. The molecule has 0 bridgehead atoms. The van der Waals surface area contributed by atoms with E-state index in [1.807, 2.05) is 54.6 Å². The van der Waals surface area contributed by atoms with Gasteiger partial charge in [-0.25, -0.2) is 0 Å². The van der Waals surface area contributed by atoms with Crippen molar-refractivity contribution in [2.24, 2.45) is 0 Å². The Hall–Kier alpha value is -3.07. The fraction of sp³-hybridized carbons (Fsp3) is 0. The highest BCUT2D eigenvalue weighted by molar-refractivity contribution is 6.06. The molecule has 0 atom stereocenters. The van der Waals surface area contributed by atoms with Crippen molar-refractivity contribution in [3.05, 3.63) is 84.4 Å². The molecule has 0 aliphatic carbocycles. The number of amides is 1. The second-order valence-electron chi connectivity index (χ2n) is 4.88. The summed E-state index contributed by atoms with van der Waals surface area (Å²) < 4.78 is 0. The van der Waals surface area contributed by atoms with Crippen LogP contribution in [0.25, 0.3) is 11.1 Å². The Kier molecular flexibility index (Phi) is 3.88. The van der Waals surface area contributed by atoms with Crippen molar-refractivity contribution in [3.8, 4) is 16.9 Å². The molecule has 0 aliphatic heterocycles. The van der Waals surface area contributed by atoms with E-state index in [2.05, 4.69) is 5.32 Å². The number of carbonyl (C=O) groups is 1. The summed E-state index contributed by atoms with van der Waals surface area (Å²) in [7, 11) is 0. The van der Waals surface area contributed by atoms with E-state index in [-0.39, 0.29) is 11.7 Å². The molecule has 3 aromatic rings. The van der Waals surface area contributed by atoms with Gasteiger partial charge in [0.1, 0.15) is 5.75 Å². The molecule has 0 aromatic heterocycles. The van der Waals surface area contributed by atoms with Crippen LogP contribution in [0.5, 0.6) is 5.75 Å². The van der Waals surface area contributed by atoms with Crippen LogP contribution in [0.1, 0.15) is 10.4 Å². The summed E-state index contributed by atoms with van der Waals surface area (Å²) in [5, 5.41) is 12.9. The monoisotopic (exact) mass is 289 g/mol. The molecule has 3 heteroatoms. The maximum atomic E-state index is 12.3. The zero-order chi connectivity index (χ0) is 15.4. The van der Waals surface area contributed by atoms with Gasteiger partial charge in [0.15, 0.2) is 0 Å². The van der Waals surface area contributed by atoms with Gasteiger partial charge in [-0.2, -0.15) is 0 Å². The van der Waals surface area contributed by atoms with Crippen LogP contribution in [-0.4, -0.2) is 11.0 Å². The Morgan fingerprint density at radius 2 is 1.32 bits per heavy atom. The van der Waals surface area contributed by atoms with E-state index in [0.29, 0.717) is 16.8 Å². The standard InChI is InChI=1S/C19H15NO2/c21-18-13-7-5-11-16(18)15-10-4-6-12-17(15)20-19(22)14-8-2-1-3-9-14/h1-13,21H,(H,20,22). The first kappa shape index (κ1) is 13.9. The SMILES string of the molecule is O=C(Nc1ccccc1-c1ccccc1O)c1ccccc1. The van der Waals surface area contributed by atoms with E-state index in [4.69, 9.17) is 0 Å². The van der Waals surface area contributed by atoms with Crippen molar-refractivity contribution in [2.45, 2.75) is 0 Å². The van der Waals surface area contributed by atoms with Gasteiger partial charge in [0.25, 0.3) is 5.91 Å². The summed E-state index contributed by atoms with van der Waals surface area (Å²) in [5.74, 6) is 0.00683. The molecule has 0 fully saturated rings. The minimum Gasteiger partial charge on any atom is -0.507 e. The third-order valence-electron chi connectivity index (χ3n) is 3.41. The molecule has 1 amide bonds. The third-order valence-corrected chi connectivity index (χ3v) is 3.41. The first-order valence-corrected chi connectivity index (χ1v) is 6.99. The van der Waals surface area contributed by atoms with Crippen LogP contribution in [0, 0.1) is 0 Å². The van der Waals surface area contributed by atoms with Gasteiger partial charge < -0.3 is 10.4 Å². The van der Waals surface area contributed by atoms with Gasteiger partial charge in [-0.05, 0) is 24.3 Å². The van der Waals surface area contributed by atoms with Crippen LogP contribution >= 0.6 is 0 Å². The second-order valence-corrected chi connectivity index (χ2v) is 4.88. The zero-order valence-corrected chi connectivity index (χ0v) is 11.9. The lowest BCUT2D eigenvalue weighted by Crippen LogP contribution is -2.12. The van der Waals surface area contributed by atoms with E-state index in [0.717, 1.165) is 5.56 Å². The van der Waals surface area contributed by atoms with Gasteiger partial charge in [0, 0.05) is 22.4 Å². The van der Waals surface area contributed by atoms with Crippen molar-refractivity contribution >= 4 is 11.6 Å². The highest BCUT2D eigenvalue weighted by Gasteiger charge is 2.11. The Balaban J connectivity index is 1.96. The minimum atomic E-state index is -0.177. The van der Waals surface area contributed by atoms with Crippen molar-refractivity contribution in [1.82, 2.24) is 0 Å². The highest BCUT2D eigenvalue weighted by Crippen LogP contribution is 2.34. The molecule has 2 N–H and O–H groups in total. The number of aromatic hydroxyl groups is 1. The van der Waals surface area contributed by atoms with Gasteiger partial charge in [0.05, 0.1) is 0 Å². The zero-order valence-electron chi connectivity index (χ0n) is 11.9. The van der Waals surface area contributed by atoms with E-state index in [1.165, 1.54) is 0 Å². The summed E-state index contributed by atoms with van der Waals surface area (Å²) in [5.41, 5.74) is 2.73. The molecule has 0 spiro atoms. The van der Waals surface area contributed by atoms with E-state index in [1.54, 1.807) is 24.3 Å². The van der Waals surface area contributed by atoms with Gasteiger partial charge in [-0.15, -0.1) is 0 Å². The predicted octanol–water partition coefficient (Wildman–Crippen LogP) is 4.31. The molecule has 3 nitrogen and oxygen atoms in total. The van der Waals surface area contributed by atoms with Gasteiger partial charge in [-0.3, -0.25) is 4.79 Å². The maximum Gasteiger partial charge on any atom is 0.255 e. The van der Waals surface area contributed by atoms with Gasteiger partial charge >= 0.3 is 0 Å². The van der Waals surface area contributed by atoms with Crippen LogP contribution in [0.4, 0.5) is 5.69 Å². The lowest BCUT2D eigenvalue weighted by atomic mass is 10.0. The maximum absolute atomic E-state index is 12.3. The van der Waals surface area contributed by atoms with Crippen LogP contribution in [0.15, 0.2) is 78.9 Å². The van der Waals surface area contributed by atoms with Crippen LogP contribution < -0.4 is 5.32 Å². The fourth-order valence-electron chi connectivity index (χ4n) is 2.31. The summed E-state index contributed by atoms with van der Waals surface area (Å²) in [6.45, 7) is 0. The van der Waals surface area contributed by atoms with Crippen molar-refractivity contribution in [3.63, 3.8) is 0 Å². The van der Waals surface area contributed by atoms with Crippen molar-refractivity contribution < 1.29 is 9.90 Å². The molecule has 3 aromatic carbocycles. The predicted molar refractivity (Wildman–Crippen MR) is 87.9 cm³/mol. The first-order chi connectivity index (χ1) is 10.8. The number of phenols is 1. The van der Waals surface area contributed by atoms with E-state index < -0.39 is 0 Å². The number of hydrogen-bond acceptors (Lipinski definition) is 2. The lowest BCUT2D eigenvalue weighted by molar-refractivity contribution is 0.102. The highest BCUT2D eigenvalue weighted by atomic mass is 16.3. The number of carbonyl (C=O) groups excluding carboxylic acids is 1. The minimum absolute atomic E-state index is 0.177. The largest absolute Gasteiger partial charge is 0.507 e. The number of para-hydroxylation sites is 2. The third kappa shape index (κ3) is 2.83. The Bertz CT molecular complexity index is 797. The second kappa shape index (κ2) is 6.14. The van der Waals surface area contributed by atoms with Gasteiger partial charge in [-0.1, -0.05) is 54.6 Å². The van der Waals surface area contributed by atoms with Crippen LogP contribution in [0.3, 0.4) is 0 Å². The number of nitrogens with one attached hydrogen (secondary N) is 1. The van der Waals surface area contributed by atoms with Crippen LogP contribution in [0.2, 0.25) is 0 Å². The molecule has 3 rings (SSSR count). The molecule has 22 heavy (non-hydrogen) atoms. The molecular formula is C19H15NO2. The average molecular weight is 289 g/mol. The molecule has 0 unspecified atom stereocenters. The Morgan fingerprint density at radius 1 is 0.727 bits per heavy atom. The topological polar surface area (TPSA) is 49.3 Å². The summed E-state index contributed by atoms with van der Waals surface area (Å²) >= 11 is 0. The summed E-state index contributed by atoms with van der Waals surface area (Å²) in [6, 6.07) is 23.5. The molecule has 0 radical (unpaired) electrons. The Morgan fingerprint density at radius 3 is 2.05 bits per heavy atom. The normalized spacial score (nSPS) is 10.2. The number of phenolic OH excluding ortho intramolecular Hbond substituents is 1. The smallest absolute Gasteiger partial charge is 0.255 e. The molecule has 0 saturated carbocycles. The number of anilines is 1. The molecule has 108 valence electrons. The Labute approximate surface area is 128 Å². The number of hydrogen-bond donors (Lipinski definition) is 2. The average Bonchev–Trinajstić information content (AvgIpc) is 2.57. The van der Waals surface area contributed by atoms with Crippen molar-refractivity contribution in [1.29, 1.82) is 0 Å². The van der Waals surface area contributed by atoms with E-state index in [9.17, 15) is 9.90 Å². The summed E-state index contributed by atoms with van der Waals surface area (Å²) in [6.07, 6.45) is 0. The first-order valence-electron chi connectivity index (χ1n) is 6.99. The van der Waals surface area contributed by atoms with Crippen LogP contribution in [-0.2, 0) is 0 Å². The molecular weight excluding hydrogens is 274 g/mol. The number of rotatable bonds is 3. The van der Waals surface area contributed by atoms with Gasteiger partial charge in [0.2, 0.25) is 0 Å². The quantitative estimate of drug-likeness (QED) is 0.754. The lowest BCUT2D eigenvalue weighted by Gasteiger charge is -2.12. The number of benzene rings is 3. The molecule has 0 heterocycles. The molecule has 0 saturated heterocycles. The fourth-order valence-corrected chi connectivity index (χ4v) is 2.31. The van der Waals surface area contributed by atoms with E-state index >= 15 is 0 Å².